The summed E-state index contributed by atoms with van der Waals surface area (Å²) in [6, 6.07) is 4.42. The first kappa shape index (κ1) is 13.2. The molecular formula is C12H20N2OS. The Balaban J connectivity index is 2.57. The van der Waals surface area contributed by atoms with Crippen LogP contribution < -0.4 is 5.32 Å². The summed E-state index contributed by atoms with van der Waals surface area (Å²) in [4.78, 5) is 14.9. The third-order valence-electron chi connectivity index (χ3n) is 2.49. The van der Waals surface area contributed by atoms with E-state index in [1.807, 2.05) is 34.0 Å². The predicted molar refractivity (Wildman–Crippen MR) is 68.6 cm³/mol. The molecule has 0 aromatic carbocycles. The minimum atomic E-state index is 0.0474. The molecule has 0 saturated heterocycles. The number of rotatable bonds is 5. The second kappa shape index (κ2) is 6.01. The summed E-state index contributed by atoms with van der Waals surface area (Å²) in [7, 11) is 4.07. The Morgan fingerprint density at radius 2 is 2.19 bits per heavy atom. The second-order valence-electron chi connectivity index (χ2n) is 4.39. The van der Waals surface area contributed by atoms with Crippen molar-refractivity contribution >= 4 is 17.2 Å². The summed E-state index contributed by atoms with van der Waals surface area (Å²) in [6.45, 7) is 4.49. The lowest BCUT2D eigenvalue weighted by Gasteiger charge is -2.24. The minimum Gasteiger partial charge on any atom is -0.354 e. The largest absolute Gasteiger partial charge is 0.354 e. The maximum Gasteiger partial charge on any atom is 0.222 e. The van der Waals surface area contributed by atoms with Gasteiger partial charge < -0.3 is 10.2 Å². The van der Waals surface area contributed by atoms with Crippen LogP contribution in [0.25, 0.3) is 0 Å². The fourth-order valence-corrected chi connectivity index (χ4v) is 2.34. The van der Waals surface area contributed by atoms with Gasteiger partial charge in [-0.25, -0.2) is 0 Å². The highest BCUT2D eigenvalue weighted by atomic mass is 32.1. The van der Waals surface area contributed by atoms with Crippen LogP contribution in [0.5, 0.6) is 0 Å². The lowest BCUT2D eigenvalue weighted by Crippen LogP contribution is -2.36. The number of thiophene rings is 1. The van der Waals surface area contributed by atoms with Crippen molar-refractivity contribution in [1.82, 2.24) is 10.2 Å². The van der Waals surface area contributed by atoms with Crippen LogP contribution in [0.1, 0.15) is 24.8 Å². The fourth-order valence-electron chi connectivity index (χ4n) is 1.42. The van der Waals surface area contributed by atoms with Crippen LogP contribution in [0, 0.1) is 5.92 Å². The highest BCUT2D eigenvalue weighted by Crippen LogP contribution is 2.22. The van der Waals surface area contributed by atoms with Crippen LogP contribution in [-0.4, -0.2) is 31.4 Å². The number of nitrogens with zero attached hydrogens (tertiary/aromatic N) is 1. The molecule has 90 valence electrons. The number of hydrogen-bond acceptors (Lipinski definition) is 3. The number of carbonyl (C=O) groups excluding carboxylic acids is 1. The van der Waals surface area contributed by atoms with E-state index < -0.39 is 0 Å². The van der Waals surface area contributed by atoms with E-state index in [0.29, 0.717) is 6.54 Å². The molecule has 1 amide bonds. The molecule has 3 nitrogen and oxygen atoms in total. The molecule has 0 aliphatic heterocycles. The summed E-state index contributed by atoms with van der Waals surface area (Å²) in [5.41, 5.74) is 0. The molecule has 16 heavy (non-hydrogen) atoms. The van der Waals surface area contributed by atoms with Crippen LogP contribution in [0.2, 0.25) is 0 Å². The van der Waals surface area contributed by atoms with Crippen molar-refractivity contribution < 1.29 is 4.79 Å². The Labute approximate surface area is 101 Å². The standard InChI is InChI=1S/C12H20N2OS/c1-9(2)12(15)13-8-10(14(3)4)11-6-5-7-16-11/h5-7,9-10H,8H2,1-4H3,(H,13,15)/t10-/m0/s1. The molecule has 0 fully saturated rings. The van der Waals surface area contributed by atoms with Crippen molar-refractivity contribution in [2.75, 3.05) is 20.6 Å². The van der Waals surface area contributed by atoms with E-state index in [1.165, 1.54) is 4.88 Å². The monoisotopic (exact) mass is 240 g/mol. The van der Waals surface area contributed by atoms with Crippen molar-refractivity contribution in [3.63, 3.8) is 0 Å². The molecule has 0 unspecified atom stereocenters. The zero-order chi connectivity index (χ0) is 12.1. The maximum absolute atomic E-state index is 11.5. The quantitative estimate of drug-likeness (QED) is 0.855. The Morgan fingerprint density at radius 3 is 2.62 bits per heavy atom. The highest BCUT2D eigenvalue weighted by molar-refractivity contribution is 7.10. The van der Waals surface area contributed by atoms with Crippen molar-refractivity contribution in [3.05, 3.63) is 22.4 Å². The average Bonchev–Trinajstić information content (AvgIpc) is 2.70. The molecular weight excluding hydrogens is 220 g/mol. The number of nitrogens with one attached hydrogen (secondary N) is 1. The molecule has 1 rings (SSSR count). The zero-order valence-electron chi connectivity index (χ0n) is 10.4. The molecule has 0 bridgehead atoms. The van der Waals surface area contributed by atoms with Gasteiger partial charge in [-0.3, -0.25) is 4.79 Å². The van der Waals surface area contributed by atoms with E-state index in [-0.39, 0.29) is 17.9 Å². The van der Waals surface area contributed by atoms with Crippen LogP contribution in [0.15, 0.2) is 17.5 Å². The molecule has 1 N–H and O–H groups in total. The molecule has 1 aromatic heterocycles. The average molecular weight is 240 g/mol. The highest BCUT2D eigenvalue weighted by Gasteiger charge is 2.16. The molecule has 4 heteroatoms. The van der Waals surface area contributed by atoms with Gasteiger partial charge in [-0.1, -0.05) is 19.9 Å². The van der Waals surface area contributed by atoms with Crippen LogP contribution in [0.4, 0.5) is 0 Å². The molecule has 0 radical (unpaired) electrons. The Kier molecular flexibility index (Phi) is 4.96. The topological polar surface area (TPSA) is 32.3 Å². The normalized spacial score (nSPS) is 13.1. The SMILES string of the molecule is CC(C)C(=O)NC[C@@H](c1cccs1)N(C)C. The van der Waals surface area contributed by atoms with Gasteiger partial charge in [0.15, 0.2) is 0 Å². The van der Waals surface area contributed by atoms with E-state index in [0.717, 1.165) is 0 Å². The van der Waals surface area contributed by atoms with E-state index in [1.54, 1.807) is 11.3 Å². The third-order valence-corrected chi connectivity index (χ3v) is 3.46. The molecule has 0 aliphatic carbocycles. The summed E-state index contributed by atoms with van der Waals surface area (Å²) < 4.78 is 0. The van der Waals surface area contributed by atoms with E-state index in [4.69, 9.17) is 0 Å². The fraction of sp³-hybridized carbons (Fsp3) is 0.583. The van der Waals surface area contributed by atoms with E-state index >= 15 is 0 Å². The zero-order valence-corrected chi connectivity index (χ0v) is 11.2. The molecule has 0 saturated carbocycles. The van der Waals surface area contributed by atoms with Gasteiger partial charge in [-0.2, -0.15) is 0 Å². The number of likely N-dealkylation sites (N-methyl/N-ethyl adjacent to an activating group) is 1. The smallest absolute Gasteiger partial charge is 0.222 e. The van der Waals surface area contributed by atoms with Crippen molar-refractivity contribution in [2.24, 2.45) is 5.92 Å². The van der Waals surface area contributed by atoms with Gasteiger partial charge in [-0.15, -0.1) is 11.3 Å². The van der Waals surface area contributed by atoms with Gasteiger partial charge in [0.25, 0.3) is 0 Å². The Morgan fingerprint density at radius 1 is 1.50 bits per heavy atom. The van der Waals surface area contributed by atoms with Gasteiger partial charge in [0.2, 0.25) is 5.91 Å². The molecule has 0 spiro atoms. The maximum atomic E-state index is 11.5. The number of hydrogen-bond donors (Lipinski definition) is 1. The first-order valence-corrected chi connectivity index (χ1v) is 6.38. The van der Waals surface area contributed by atoms with E-state index in [2.05, 4.69) is 21.7 Å². The second-order valence-corrected chi connectivity index (χ2v) is 5.37. The summed E-state index contributed by atoms with van der Waals surface area (Å²) >= 11 is 1.73. The van der Waals surface area contributed by atoms with Gasteiger partial charge in [0.1, 0.15) is 0 Å². The summed E-state index contributed by atoms with van der Waals surface area (Å²) in [5, 5.41) is 5.04. The van der Waals surface area contributed by atoms with Gasteiger partial charge in [0.05, 0.1) is 6.04 Å². The van der Waals surface area contributed by atoms with Gasteiger partial charge >= 0.3 is 0 Å². The van der Waals surface area contributed by atoms with Gasteiger partial charge in [0, 0.05) is 17.3 Å². The Hall–Kier alpha value is -0.870. The van der Waals surface area contributed by atoms with Crippen LogP contribution in [0.3, 0.4) is 0 Å². The third kappa shape index (κ3) is 3.61. The Bertz CT molecular complexity index is 320. The summed E-state index contributed by atoms with van der Waals surface area (Å²) in [6.07, 6.45) is 0. The molecule has 1 aromatic rings. The van der Waals surface area contributed by atoms with Gasteiger partial charge in [-0.05, 0) is 25.5 Å². The van der Waals surface area contributed by atoms with Crippen molar-refractivity contribution in [1.29, 1.82) is 0 Å². The van der Waals surface area contributed by atoms with Crippen molar-refractivity contribution in [2.45, 2.75) is 19.9 Å². The first-order chi connectivity index (χ1) is 7.52. The molecule has 0 aliphatic rings. The molecule has 1 heterocycles. The number of amides is 1. The molecule has 1 atom stereocenters. The predicted octanol–water partition coefficient (Wildman–Crippen LogP) is 2.12. The van der Waals surface area contributed by atoms with E-state index in [9.17, 15) is 4.79 Å². The first-order valence-electron chi connectivity index (χ1n) is 5.50. The van der Waals surface area contributed by atoms with Crippen molar-refractivity contribution in [3.8, 4) is 0 Å². The van der Waals surface area contributed by atoms with Crippen LogP contribution >= 0.6 is 11.3 Å². The summed E-state index contributed by atoms with van der Waals surface area (Å²) in [5.74, 6) is 0.162. The lowest BCUT2D eigenvalue weighted by atomic mass is 10.2. The van der Waals surface area contributed by atoms with Crippen LogP contribution in [-0.2, 0) is 4.79 Å². The lowest BCUT2D eigenvalue weighted by molar-refractivity contribution is -0.124. The minimum absolute atomic E-state index is 0.0474. The number of carbonyl (C=O) groups is 1.